The van der Waals surface area contributed by atoms with Gasteiger partial charge in [0.15, 0.2) is 0 Å². The molecule has 1 nitrogen and oxygen atoms in total. The van der Waals surface area contributed by atoms with E-state index in [9.17, 15) is 4.79 Å². The fraction of sp³-hybridized carbons (Fsp3) is 0.909. The van der Waals surface area contributed by atoms with Gasteiger partial charge in [0, 0.05) is 11.8 Å². The van der Waals surface area contributed by atoms with Crippen LogP contribution >= 0.6 is 0 Å². The van der Waals surface area contributed by atoms with Crippen molar-refractivity contribution in [1.82, 2.24) is 0 Å². The van der Waals surface area contributed by atoms with Crippen LogP contribution in [0.4, 0.5) is 0 Å². The van der Waals surface area contributed by atoms with Crippen LogP contribution in [-0.2, 0) is 4.79 Å². The Morgan fingerprint density at radius 3 is 2.67 bits per heavy atom. The molecule has 0 aliphatic heterocycles. The molecular formula is C11H20O. The highest BCUT2D eigenvalue weighted by Crippen LogP contribution is 2.38. The summed E-state index contributed by atoms with van der Waals surface area (Å²) in [6, 6.07) is 0. The van der Waals surface area contributed by atoms with Crippen molar-refractivity contribution in [2.75, 3.05) is 0 Å². The van der Waals surface area contributed by atoms with Gasteiger partial charge in [-0.15, -0.1) is 0 Å². The second-order valence-corrected chi connectivity index (χ2v) is 4.29. The molecule has 0 amide bonds. The number of hydrogen-bond donors (Lipinski definition) is 0. The zero-order valence-electron chi connectivity index (χ0n) is 8.36. The van der Waals surface area contributed by atoms with Crippen LogP contribution in [0, 0.1) is 5.41 Å². The summed E-state index contributed by atoms with van der Waals surface area (Å²) in [7, 11) is 0. The van der Waals surface area contributed by atoms with E-state index in [2.05, 4.69) is 13.8 Å². The Bertz CT molecular complexity index is 162. The monoisotopic (exact) mass is 168 g/mol. The van der Waals surface area contributed by atoms with E-state index in [-0.39, 0.29) is 5.41 Å². The molecule has 1 heteroatoms. The van der Waals surface area contributed by atoms with Crippen molar-refractivity contribution in [1.29, 1.82) is 0 Å². The molecule has 1 fully saturated rings. The summed E-state index contributed by atoms with van der Waals surface area (Å²) in [6.45, 7) is 4.36. The van der Waals surface area contributed by atoms with Crippen molar-refractivity contribution in [2.24, 2.45) is 5.41 Å². The normalized spacial score (nSPS) is 29.7. The molecule has 0 N–H and O–H groups in total. The molecule has 1 atom stereocenters. The predicted octanol–water partition coefficient (Wildman–Crippen LogP) is 3.33. The molecule has 0 aromatic carbocycles. The number of Topliss-reactive ketones (excluding diaryl/α,β-unsaturated/α-hetero) is 1. The fourth-order valence-electron chi connectivity index (χ4n) is 2.11. The van der Waals surface area contributed by atoms with E-state index in [0.29, 0.717) is 5.78 Å². The van der Waals surface area contributed by atoms with E-state index in [1.54, 1.807) is 0 Å². The van der Waals surface area contributed by atoms with Crippen molar-refractivity contribution in [3.8, 4) is 0 Å². The molecule has 0 radical (unpaired) electrons. The van der Waals surface area contributed by atoms with Gasteiger partial charge < -0.3 is 0 Å². The average Bonchev–Trinajstić information content (AvgIpc) is 2.34. The number of ketones is 1. The fourth-order valence-corrected chi connectivity index (χ4v) is 2.11. The molecule has 0 heterocycles. The topological polar surface area (TPSA) is 17.1 Å². The van der Waals surface area contributed by atoms with E-state index >= 15 is 0 Å². The van der Waals surface area contributed by atoms with E-state index < -0.39 is 0 Å². The summed E-state index contributed by atoms with van der Waals surface area (Å²) in [5, 5.41) is 0. The summed E-state index contributed by atoms with van der Waals surface area (Å²) in [5.74, 6) is 0.513. The Labute approximate surface area is 75.5 Å². The third kappa shape index (κ3) is 2.09. The zero-order chi connectivity index (χ0) is 9.03. The highest BCUT2D eigenvalue weighted by atomic mass is 16.1. The van der Waals surface area contributed by atoms with Gasteiger partial charge >= 0.3 is 0 Å². The molecule has 0 aromatic heterocycles. The van der Waals surface area contributed by atoms with E-state index in [0.717, 1.165) is 25.7 Å². The van der Waals surface area contributed by atoms with E-state index in [1.807, 2.05) is 0 Å². The van der Waals surface area contributed by atoms with Gasteiger partial charge in [0.05, 0.1) is 0 Å². The van der Waals surface area contributed by atoms with Crippen LogP contribution in [0.2, 0.25) is 0 Å². The Balaban J connectivity index is 2.33. The number of unbranched alkanes of at least 4 members (excludes halogenated alkanes) is 2. The molecule has 0 saturated heterocycles. The summed E-state index contributed by atoms with van der Waals surface area (Å²) in [6.07, 6.45) is 7.99. The molecule has 1 aliphatic carbocycles. The zero-order valence-corrected chi connectivity index (χ0v) is 8.36. The van der Waals surface area contributed by atoms with Gasteiger partial charge in [0.2, 0.25) is 0 Å². The molecule has 1 rings (SSSR count). The lowest BCUT2D eigenvalue weighted by molar-refractivity contribution is -0.125. The standard InChI is InChI=1S/C11H20O/c1-3-4-5-8-11(2)9-6-7-10(11)12/h3-9H2,1-2H3. The molecule has 0 aromatic rings. The van der Waals surface area contributed by atoms with Crippen LogP contribution < -0.4 is 0 Å². The van der Waals surface area contributed by atoms with E-state index in [4.69, 9.17) is 0 Å². The van der Waals surface area contributed by atoms with Crippen molar-refractivity contribution in [3.63, 3.8) is 0 Å². The highest BCUT2D eigenvalue weighted by Gasteiger charge is 2.36. The summed E-state index contributed by atoms with van der Waals surface area (Å²) < 4.78 is 0. The highest BCUT2D eigenvalue weighted by molar-refractivity contribution is 5.86. The lowest BCUT2D eigenvalue weighted by Crippen LogP contribution is -2.21. The first kappa shape index (κ1) is 9.76. The van der Waals surface area contributed by atoms with Crippen LogP contribution in [0.15, 0.2) is 0 Å². The van der Waals surface area contributed by atoms with Crippen molar-refractivity contribution in [3.05, 3.63) is 0 Å². The molecule has 0 spiro atoms. The van der Waals surface area contributed by atoms with Gasteiger partial charge in [-0.05, 0) is 19.3 Å². The number of rotatable bonds is 4. The maximum Gasteiger partial charge on any atom is 0.138 e. The summed E-state index contributed by atoms with van der Waals surface area (Å²) >= 11 is 0. The summed E-state index contributed by atoms with van der Waals surface area (Å²) in [5.41, 5.74) is 0.0647. The Hall–Kier alpha value is -0.330. The minimum Gasteiger partial charge on any atom is -0.299 e. The predicted molar refractivity (Wildman–Crippen MR) is 51.1 cm³/mol. The maximum absolute atomic E-state index is 11.5. The molecular weight excluding hydrogens is 148 g/mol. The first-order valence-electron chi connectivity index (χ1n) is 5.22. The SMILES string of the molecule is CCCCCC1(C)CCCC1=O. The largest absolute Gasteiger partial charge is 0.299 e. The third-order valence-corrected chi connectivity index (χ3v) is 3.14. The van der Waals surface area contributed by atoms with Crippen LogP contribution in [0.3, 0.4) is 0 Å². The first-order chi connectivity index (χ1) is 5.69. The van der Waals surface area contributed by atoms with Gasteiger partial charge in [-0.3, -0.25) is 4.79 Å². The smallest absolute Gasteiger partial charge is 0.138 e. The third-order valence-electron chi connectivity index (χ3n) is 3.14. The Morgan fingerprint density at radius 1 is 1.42 bits per heavy atom. The molecule has 1 unspecified atom stereocenters. The number of carbonyl (C=O) groups excluding carboxylic acids is 1. The lowest BCUT2D eigenvalue weighted by Gasteiger charge is -2.21. The minimum atomic E-state index is 0.0647. The van der Waals surface area contributed by atoms with Gasteiger partial charge in [-0.25, -0.2) is 0 Å². The average molecular weight is 168 g/mol. The van der Waals surface area contributed by atoms with Gasteiger partial charge in [-0.2, -0.15) is 0 Å². The quantitative estimate of drug-likeness (QED) is 0.588. The van der Waals surface area contributed by atoms with Crippen LogP contribution in [-0.4, -0.2) is 5.78 Å². The number of hydrogen-bond acceptors (Lipinski definition) is 1. The minimum absolute atomic E-state index is 0.0647. The van der Waals surface area contributed by atoms with Crippen molar-refractivity contribution < 1.29 is 4.79 Å². The van der Waals surface area contributed by atoms with Crippen molar-refractivity contribution >= 4 is 5.78 Å². The van der Waals surface area contributed by atoms with Crippen molar-refractivity contribution in [2.45, 2.75) is 58.8 Å². The van der Waals surface area contributed by atoms with Gasteiger partial charge in [0.25, 0.3) is 0 Å². The molecule has 1 saturated carbocycles. The van der Waals surface area contributed by atoms with E-state index in [1.165, 1.54) is 19.3 Å². The maximum atomic E-state index is 11.5. The molecule has 12 heavy (non-hydrogen) atoms. The van der Waals surface area contributed by atoms with Gasteiger partial charge in [0.1, 0.15) is 5.78 Å². The summed E-state index contributed by atoms with van der Waals surface area (Å²) in [4.78, 5) is 11.5. The lowest BCUT2D eigenvalue weighted by atomic mass is 9.82. The second-order valence-electron chi connectivity index (χ2n) is 4.29. The molecule has 70 valence electrons. The Morgan fingerprint density at radius 2 is 2.17 bits per heavy atom. The molecule has 0 bridgehead atoms. The number of carbonyl (C=O) groups is 1. The second kappa shape index (κ2) is 4.06. The van der Waals surface area contributed by atoms with Crippen LogP contribution in [0.25, 0.3) is 0 Å². The van der Waals surface area contributed by atoms with Crippen LogP contribution in [0.1, 0.15) is 58.8 Å². The van der Waals surface area contributed by atoms with Gasteiger partial charge in [-0.1, -0.05) is 33.1 Å². The molecule has 1 aliphatic rings. The Kier molecular flexibility index (Phi) is 3.30. The van der Waals surface area contributed by atoms with Crippen LogP contribution in [0.5, 0.6) is 0 Å². The first-order valence-corrected chi connectivity index (χ1v) is 5.22.